The minimum Gasteiger partial charge on any atom is -0.361 e. The van der Waals surface area contributed by atoms with Crippen molar-refractivity contribution in [3.63, 3.8) is 0 Å². The molecule has 0 amide bonds. The summed E-state index contributed by atoms with van der Waals surface area (Å²) >= 11 is 0. The SMILES string of the molecule is CC(CCc1ccccc1)NCCNC(C)Cc1c[nH]c2ccccc12. The lowest BCUT2D eigenvalue weighted by Crippen LogP contribution is -2.37. The summed E-state index contributed by atoms with van der Waals surface area (Å²) < 4.78 is 0. The molecule has 3 rings (SSSR count). The summed E-state index contributed by atoms with van der Waals surface area (Å²) in [5.74, 6) is 0. The molecule has 0 aliphatic carbocycles. The Kier molecular flexibility index (Phi) is 6.87. The molecule has 0 saturated heterocycles. The topological polar surface area (TPSA) is 39.8 Å². The van der Waals surface area contributed by atoms with Crippen LogP contribution in [0.4, 0.5) is 0 Å². The van der Waals surface area contributed by atoms with Gasteiger partial charge in [-0.25, -0.2) is 0 Å². The number of aromatic nitrogens is 1. The second-order valence-corrected chi connectivity index (χ2v) is 7.30. The van der Waals surface area contributed by atoms with Crippen LogP contribution in [0.2, 0.25) is 0 Å². The highest BCUT2D eigenvalue weighted by Crippen LogP contribution is 2.18. The lowest BCUT2D eigenvalue weighted by molar-refractivity contribution is 0.477. The van der Waals surface area contributed by atoms with E-state index in [9.17, 15) is 0 Å². The van der Waals surface area contributed by atoms with Crippen molar-refractivity contribution in [1.29, 1.82) is 0 Å². The molecule has 2 atom stereocenters. The molecule has 1 aromatic heterocycles. The van der Waals surface area contributed by atoms with E-state index in [4.69, 9.17) is 0 Å². The summed E-state index contributed by atoms with van der Waals surface area (Å²) in [6.45, 7) is 6.55. The van der Waals surface area contributed by atoms with Gasteiger partial charge in [-0.1, -0.05) is 48.5 Å². The summed E-state index contributed by atoms with van der Waals surface area (Å²) in [7, 11) is 0. The molecule has 0 aliphatic heterocycles. The molecule has 3 aromatic rings. The quantitative estimate of drug-likeness (QED) is 0.478. The third kappa shape index (κ3) is 5.45. The fourth-order valence-corrected chi connectivity index (χ4v) is 3.47. The first-order valence-electron chi connectivity index (χ1n) is 9.78. The van der Waals surface area contributed by atoms with Gasteiger partial charge in [-0.05, 0) is 50.3 Å². The van der Waals surface area contributed by atoms with Gasteiger partial charge in [0.1, 0.15) is 0 Å². The van der Waals surface area contributed by atoms with Crippen LogP contribution in [0.1, 0.15) is 31.4 Å². The Hall–Kier alpha value is -2.10. The molecule has 0 spiro atoms. The largest absolute Gasteiger partial charge is 0.361 e. The standard InChI is InChI=1S/C23H31N3/c1-18(12-13-20-8-4-3-5-9-20)24-14-15-25-19(2)16-21-17-26-23-11-7-6-10-22(21)23/h3-11,17-19,24-26H,12-16H2,1-2H3. The van der Waals surface area contributed by atoms with Gasteiger partial charge in [-0.15, -0.1) is 0 Å². The van der Waals surface area contributed by atoms with E-state index in [-0.39, 0.29) is 0 Å². The molecule has 1 heterocycles. The number of rotatable bonds is 10. The molecule has 3 nitrogen and oxygen atoms in total. The normalized spacial score (nSPS) is 13.8. The van der Waals surface area contributed by atoms with Gasteiger partial charge in [0.05, 0.1) is 0 Å². The van der Waals surface area contributed by atoms with Crippen molar-refractivity contribution in [2.75, 3.05) is 13.1 Å². The first-order valence-corrected chi connectivity index (χ1v) is 9.78. The van der Waals surface area contributed by atoms with Gasteiger partial charge in [0.2, 0.25) is 0 Å². The fourth-order valence-electron chi connectivity index (χ4n) is 3.47. The Labute approximate surface area is 157 Å². The fraction of sp³-hybridized carbons (Fsp3) is 0.391. The van der Waals surface area contributed by atoms with Crippen molar-refractivity contribution in [2.24, 2.45) is 0 Å². The van der Waals surface area contributed by atoms with Crippen LogP contribution in [0.25, 0.3) is 10.9 Å². The van der Waals surface area contributed by atoms with Crippen LogP contribution >= 0.6 is 0 Å². The van der Waals surface area contributed by atoms with E-state index in [1.807, 2.05) is 0 Å². The third-order valence-electron chi connectivity index (χ3n) is 5.02. The Morgan fingerprint density at radius 1 is 0.846 bits per heavy atom. The Bertz CT molecular complexity index is 778. The first kappa shape index (κ1) is 18.7. The van der Waals surface area contributed by atoms with Crippen LogP contribution in [0, 0.1) is 0 Å². The van der Waals surface area contributed by atoms with Crippen molar-refractivity contribution in [3.05, 3.63) is 71.9 Å². The minimum absolute atomic E-state index is 0.468. The van der Waals surface area contributed by atoms with E-state index in [1.165, 1.54) is 28.5 Å². The van der Waals surface area contributed by atoms with Gasteiger partial charge < -0.3 is 15.6 Å². The average molecular weight is 350 g/mol. The summed E-state index contributed by atoms with van der Waals surface area (Å²) in [4.78, 5) is 3.36. The summed E-state index contributed by atoms with van der Waals surface area (Å²) in [5.41, 5.74) is 4.04. The molecule has 138 valence electrons. The maximum absolute atomic E-state index is 3.64. The highest BCUT2D eigenvalue weighted by Gasteiger charge is 2.08. The molecule has 2 unspecified atom stereocenters. The number of hydrogen-bond acceptors (Lipinski definition) is 2. The molecule has 0 saturated carbocycles. The van der Waals surface area contributed by atoms with E-state index >= 15 is 0 Å². The van der Waals surface area contributed by atoms with Gasteiger partial charge in [0.25, 0.3) is 0 Å². The van der Waals surface area contributed by atoms with Gasteiger partial charge in [-0.3, -0.25) is 0 Å². The Morgan fingerprint density at radius 3 is 2.35 bits per heavy atom. The van der Waals surface area contributed by atoms with E-state index in [2.05, 4.69) is 90.3 Å². The zero-order valence-electron chi connectivity index (χ0n) is 16.0. The average Bonchev–Trinajstić information content (AvgIpc) is 3.07. The molecule has 3 heteroatoms. The summed E-state index contributed by atoms with van der Waals surface area (Å²) in [5, 5.41) is 8.61. The first-order chi connectivity index (χ1) is 12.7. The van der Waals surface area contributed by atoms with E-state index < -0.39 is 0 Å². The molecular formula is C23H31N3. The van der Waals surface area contributed by atoms with Crippen LogP contribution in [0.15, 0.2) is 60.8 Å². The predicted molar refractivity (Wildman–Crippen MR) is 112 cm³/mol. The maximum Gasteiger partial charge on any atom is 0.0456 e. The molecule has 0 fully saturated rings. The number of para-hydroxylation sites is 1. The number of H-pyrrole nitrogens is 1. The molecule has 26 heavy (non-hydrogen) atoms. The highest BCUT2D eigenvalue weighted by atomic mass is 15.0. The lowest BCUT2D eigenvalue weighted by Gasteiger charge is -2.17. The van der Waals surface area contributed by atoms with Crippen molar-refractivity contribution in [1.82, 2.24) is 15.6 Å². The van der Waals surface area contributed by atoms with Crippen molar-refractivity contribution in [2.45, 2.75) is 45.2 Å². The molecule has 2 aromatic carbocycles. The zero-order chi connectivity index (χ0) is 18.2. The molecule has 3 N–H and O–H groups in total. The number of benzene rings is 2. The molecule has 0 aliphatic rings. The van der Waals surface area contributed by atoms with Crippen molar-refractivity contribution < 1.29 is 0 Å². The second kappa shape index (κ2) is 9.56. The van der Waals surface area contributed by atoms with Crippen LogP contribution < -0.4 is 10.6 Å². The molecular weight excluding hydrogens is 318 g/mol. The van der Waals surface area contributed by atoms with E-state index in [0.717, 1.165) is 25.9 Å². The second-order valence-electron chi connectivity index (χ2n) is 7.30. The number of nitrogens with one attached hydrogen (secondary N) is 3. The maximum atomic E-state index is 3.64. The number of aryl methyl sites for hydroxylation is 1. The Balaban J connectivity index is 1.33. The molecule has 0 radical (unpaired) electrons. The van der Waals surface area contributed by atoms with Crippen LogP contribution in [-0.4, -0.2) is 30.2 Å². The lowest BCUT2D eigenvalue weighted by atomic mass is 10.1. The number of aromatic amines is 1. The summed E-state index contributed by atoms with van der Waals surface area (Å²) in [6.07, 6.45) is 5.51. The smallest absolute Gasteiger partial charge is 0.0456 e. The highest BCUT2D eigenvalue weighted by molar-refractivity contribution is 5.83. The third-order valence-corrected chi connectivity index (χ3v) is 5.02. The number of fused-ring (bicyclic) bond motifs is 1. The van der Waals surface area contributed by atoms with Crippen molar-refractivity contribution >= 4 is 10.9 Å². The van der Waals surface area contributed by atoms with Crippen LogP contribution in [-0.2, 0) is 12.8 Å². The minimum atomic E-state index is 0.468. The van der Waals surface area contributed by atoms with Crippen LogP contribution in [0.5, 0.6) is 0 Å². The van der Waals surface area contributed by atoms with Crippen molar-refractivity contribution in [3.8, 4) is 0 Å². The zero-order valence-corrected chi connectivity index (χ0v) is 16.0. The van der Waals surface area contributed by atoms with Gasteiger partial charge in [0, 0.05) is 42.3 Å². The molecule has 0 bridgehead atoms. The van der Waals surface area contributed by atoms with Gasteiger partial charge >= 0.3 is 0 Å². The predicted octanol–water partition coefficient (Wildman–Crippen LogP) is 4.30. The Morgan fingerprint density at radius 2 is 1.54 bits per heavy atom. The van der Waals surface area contributed by atoms with Gasteiger partial charge in [-0.2, -0.15) is 0 Å². The van der Waals surface area contributed by atoms with Crippen LogP contribution in [0.3, 0.4) is 0 Å². The monoisotopic (exact) mass is 349 g/mol. The van der Waals surface area contributed by atoms with E-state index in [1.54, 1.807) is 0 Å². The number of hydrogen-bond donors (Lipinski definition) is 3. The van der Waals surface area contributed by atoms with E-state index in [0.29, 0.717) is 12.1 Å². The summed E-state index contributed by atoms with van der Waals surface area (Å²) in [6, 6.07) is 20.3. The van der Waals surface area contributed by atoms with Gasteiger partial charge in [0.15, 0.2) is 0 Å².